The topological polar surface area (TPSA) is 91.7 Å². The Balaban J connectivity index is 1.58. The second-order valence-electron chi connectivity index (χ2n) is 7.72. The van der Waals surface area contributed by atoms with Crippen molar-refractivity contribution in [2.45, 2.75) is 31.1 Å². The Bertz CT molecular complexity index is 1080. The molecule has 10 heteroatoms. The molecule has 0 bridgehead atoms. The number of anilines is 1. The number of ether oxygens (including phenoxy) is 1. The number of nitrogens with one attached hydrogen (secondary N) is 2. The smallest absolute Gasteiger partial charge is 0.319 e. The number of rotatable bonds is 6. The van der Waals surface area contributed by atoms with Crippen LogP contribution in [0.5, 0.6) is 0 Å². The van der Waals surface area contributed by atoms with E-state index in [9.17, 15) is 14.3 Å². The molecule has 32 heavy (non-hydrogen) atoms. The van der Waals surface area contributed by atoms with Gasteiger partial charge in [-0.15, -0.1) is 11.6 Å². The molecule has 0 saturated carbocycles. The molecule has 2 aliphatic rings. The van der Waals surface area contributed by atoms with E-state index in [2.05, 4.69) is 20.5 Å². The molecule has 0 saturated heterocycles. The second-order valence-corrected chi connectivity index (χ2v) is 8.28. The van der Waals surface area contributed by atoms with Crippen molar-refractivity contribution in [3.8, 4) is 0 Å². The fraction of sp³-hybridized carbons (Fsp3) is 0.364. The molecule has 1 aromatic carbocycles. The number of alkyl halides is 1. The summed E-state index contributed by atoms with van der Waals surface area (Å²) in [5.41, 5.74) is 3.29. The molecule has 2 heterocycles. The Morgan fingerprint density at radius 2 is 2.31 bits per heavy atom. The SMILES string of the molecule is COC(=O)CNCc1ccc(C(O)N2Cc3cnn(C)c3NC3=CC(Cl)CC=C32)cc1F. The number of allylic oxidation sites excluding steroid dienone is 2. The zero-order chi connectivity index (χ0) is 22.8. The highest BCUT2D eigenvalue weighted by Crippen LogP contribution is 2.37. The molecule has 0 fully saturated rings. The van der Waals surface area contributed by atoms with Gasteiger partial charge in [0.2, 0.25) is 0 Å². The van der Waals surface area contributed by atoms with E-state index in [0.29, 0.717) is 24.1 Å². The van der Waals surface area contributed by atoms with E-state index in [1.54, 1.807) is 27.9 Å². The Kier molecular flexibility index (Phi) is 6.50. The van der Waals surface area contributed by atoms with Crippen LogP contribution in [0.4, 0.5) is 10.2 Å². The van der Waals surface area contributed by atoms with Crippen molar-refractivity contribution >= 4 is 23.4 Å². The number of benzene rings is 1. The fourth-order valence-electron chi connectivity index (χ4n) is 3.84. The minimum absolute atomic E-state index is 0.0145. The van der Waals surface area contributed by atoms with Crippen molar-refractivity contribution in [3.05, 3.63) is 70.4 Å². The number of nitrogens with zero attached hydrogens (tertiary/aromatic N) is 3. The molecule has 0 spiro atoms. The number of aliphatic hydroxyl groups is 1. The zero-order valence-corrected chi connectivity index (χ0v) is 18.6. The van der Waals surface area contributed by atoms with E-state index >= 15 is 0 Å². The molecule has 1 aliphatic heterocycles. The summed E-state index contributed by atoms with van der Waals surface area (Å²) in [6.07, 6.45) is 5.17. The van der Waals surface area contributed by atoms with E-state index in [0.717, 1.165) is 22.8 Å². The Morgan fingerprint density at radius 3 is 3.06 bits per heavy atom. The zero-order valence-electron chi connectivity index (χ0n) is 17.8. The molecular formula is C22H25ClFN5O3. The third kappa shape index (κ3) is 4.50. The summed E-state index contributed by atoms with van der Waals surface area (Å²) in [6.45, 7) is 0.538. The third-order valence-corrected chi connectivity index (χ3v) is 5.86. The summed E-state index contributed by atoms with van der Waals surface area (Å²) < 4.78 is 21.0. The van der Waals surface area contributed by atoms with Crippen LogP contribution in [0.25, 0.3) is 0 Å². The molecule has 2 atom stereocenters. The summed E-state index contributed by atoms with van der Waals surface area (Å²) in [4.78, 5) is 13.0. The number of hydrogen-bond donors (Lipinski definition) is 3. The molecule has 4 rings (SSSR count). The first-order valence-electron chi connectivity index (χ1n) is 10.2. The standard InChI is InChI=1S/C22H25ClFN5O3/c1-28-21-15(10-26-28)12-29(19-6-5-16(23)8-18(19)27-21)22(31)13-3-4-14(17(24)7-13)9-25-11-20(30)32-2/h3-4,6-8,10,16,22,25,27,31H,5,9,11-12H2,1-2H3. The highest BCUT2D eigenvalue weighted by atomic mass is 35.5. The molecule has 1 aliphatic carbocycles. The summed E-state index contributed by atoms with van der Waals surface area (Å²) in [5.74, 6) is -0.0743. The Labute approximate surface area is 190 Å². The number of halogens is 2. The van der Waals surface area contributed by atoms with Crippen LogP contribution in [0.15, 0.2) is 47.9 Å². The monoisotopic (exact) mass is 461 g/mol. The van der Waals surface area contributed by atoms with Gasteiger partial charge in [-0.05, 0) is 18.6 Å². The van der Waals surface area contributed by atoms with Gasteiger partial charge in [-0.25, -0.2) is 4.39 Å². The predicted octanol–water partition coefficient (Wildman–Crippen LogP) is 2.52. The first-order valence-corrected chi connectivity index (χ1v) is 10.7. The molecule has 170 valence electrons. The van der Waals surface area contributed by atoms with Crippen molar-refractivity contribution < 1.29 is 19.0 Å². The number of aliphatic hydroxyl groups excluding tert-OH is 1. The van der Waals surface area contributed by atoms with Gasteiger partial charge < -0.3 is 25.4 Å². The normalized spacial score (nSPS) is 18.5. The van der Waals surface area contributed by atoms with E-state index in [1.807, 2.05) is 19.2 Å². The first kappa shape index (κ1) is 22.3. The molecule has 3 N–H and O–H groups in total. The van der Waals surface area contributed by atoms with Gasteiger partial charge in [0.15, 0.2) is 6.23 Å². The summed E-state index contributed by atoms with van der Waals surface area (Å²) >= 11 is 6.33. The molecule has 2 unspecified atom stereocenters. The lowest BCUT2D eigenvalue weighted by molar-refractivity contribution is -0.139. The van der Waals surface area contributed by atoms with Crippen LogP contribution in [0.3, 0.4) is 0 Å². The van der Waals surface area contributed by atoms with Crippen LogP contribution in [0, 0.1) is 5.82 Å². The first-order chi connectivity index (χ1) is 15.4. The van der Waals surface area contributed by atoms with Gasteiger partial charge in [-0.3, -0.25) is 9.48 Å². The van der Waals surface area contributed by atoms with E-state index in [4.69, 9.17) is 11.6 Å². The Hall–Kier alpha value is -2.88. The van der Waals surface area contributed by atoms with Crippen molar-refractivity contribution in [2.75, 3.05) is 19.0 Å². The number of methoxy groups -OCH3 is 1. The van der Waals surface area contributed by atoms with Crippen LogP contribution in [0.1, 0.15) is 29.3 Å². The molecular weight excluding hydrogens is 437 g/mol. The van der Waals surface area contributed by atoms with Crippen LogP contribution >= 0.6 is 11.6 Å². The number of hydrogen-bond acceptors (Lipinski definition) is 7. The minimum atomic E-state index is -1.09. The lowest BCUT2D eigenvalue weighted by atomic mass is 10.0. The van der Waals surface area contributed by atoms with Crippen LogP contribution in [-0.4, -0.2) is 44.8 Å². The largest absolute Gasteiger partial charge is 0.468 e. The number of aromatic nitrogens is 2. The van der Waals surface area contributed by atoms with Gasteiger partial charge in [0, 0.05) is 30.3 Å². The number of carbonyl (C=O) groups is 1. The third-order valence-electron chi connectivity index (χ3n) is 5.56. The average Bonchev–Trinajstić information content (AvgIpc) is 3.02. The van der Waals surface area contributed by atoms with Gasteiger partial charge in [0.1, 0.15) is 11.6 Å². The van der Waals surface area contributed by atoms with E-state index < -0.39 is 18.0 Å². The lowest BCUT2D eigenvalue weighted by Crippen LogP contribution is -2.30. The predicted molar refractivity (Wildman–Crippen MR) is 118 cm³/mol. The van der Waals surface area contributed by atoms with E-state index in [1.165, 1.54) is 13.2 Å². The number of carbonyl (C=O) groups excluding carboxylic acids is 1. The maximum absolute atomic E-state index is 14.7. The summed E-state index contributed by atoms with van der Waals surface area (Å²) in [7, 11) is 3.13. The number of aryl methyl sites for hydroxylation is 1. The number of esters is 1. The molecule has 0 amide bonds. The molecule has 1 aromatic heterocycles. The summed E-state index contributed by atoms with van der Waals surface area (Å²) in [6, 6.07) is 4.60. The quantitative estimate of drug-likeness (QED) is 0.449. The second kappa shape index (κ2) is 9.32. The maximum atomic E-state index is 14.7. The van der Waals surface area contributed by atoms with Gasteiger partial charge >= 0.3 is 5.97 Å². The number of fused-ring (bicyclic) bond motifs is 2. The highest BCUT2D eigenvalue weighted by molar-refractivity contribution is 6.22. The average molecular weight is 462 g/mol. The molecule has 2 aromatic rings. The van der Waals surface area contributed by atoms with Crippen molar-refractivity contribution in [1.29, 1.82) is 0 Å². The fourth-order valence-corrected chi connectivity index (χ4v) is 4.05. The maximum Gasteiger partial charge on any atom is 0.319 e. The molecule has 8 nitrogen and oxygen atoms in total. The van der Waals surface area contributed by atoms with Gasteiger partial charge in [0.05, 0.1) is 43.2 Å². The van der Waals surface area contributed by atoms with Gasteiger partial charge in [-0.2, -0.15) is 5.10 Å². The van der Waals surface area contributed by atoms with Crippen LogP contribution in [-0.2, 0) is 29.7 Å². The van der Waals surface area contributed by atoms with Crippen molar-refractivity contribution in [3.63, 3.8) is 0 Å². The van der Waals surface area contributed by atoms with E-state index in [-0.39, 0.29) is 18.5 Å². The van der Waals surface area contributed by atoms with Gasteiger partial charge in [-0.1, -0.05) is 18.2 Å². The van der Waals surface area contributed by atoms with Gasteiger partial charge in [0.25, 0.3) is 0 Å². The lowest BCUT2D eigenvalue weighted by Gasteiger charge is -2.33. The van der Waals surface area contributed by atoms with Crippen LogP contribution in [0.2, 0.25) is 0 Å². The minimum Gasteiger partial charge on any atom is -0.468 e. The molecule has 0 radical (unpaired) electrons. The van der Waals surface area contributed by atoms with Crippen molar-refractivity contribution in [2.24, 2.45) is 7.05 Å². The van der Waals surface area contributed by atoms with Crippen molar-refractivity contribution in [1.82, 2.24) is 20.0 Å². The summed E-state index contributed by atoms with van der Waals surface area (Å²) in [5, 5.41) is 21.6. The Morgan fingerprint density at radius 1 is 1.50 bits per heavy atom. The van der Waals surface area contributed by atoms with Crippen LogP contribution < -0.4 is 10.6 Å². The highest BCUT2D eigenvalue weighted by Gasteiger charge is 2.31.